The molecule has 0 spiro atoms. The Morgan fingerprint density at radius 2 is 1.67 bits per heavy atom. The summed E-state index contributed by atoms with van der Waals surface area (Å²) in [5, 5.41) is 0. The molecule has 0 radical (unpaired) electrons. The lowest BCUT2D eigenvalue weighted by molar-refractivity contribution is -0.137. The first-order valence-corrected chi connectivity index (χ1v) is 10.4. The van der Waals surface area contributed by atoms with Crippen molar-refractivity contribution in [2.24, 2.45) is 17.8 Å². The maximum Gasteiger partial charge on any atom is 0.416 e. The molecule has 1 aromatic rings. The van der Waals surface area contributed by atoms with Crippen LogP contribution in [0.1, 0.15) is 75.8 Å². The van der Waals surface area contributed by atoms with E-state index in [1.165, 1.54) is 62.7 Å². The minimum Gasteiger partial charge on any atom is -0.166 e. The van der Waals surface area contributed by atoms with Gasteiger partial charge in [0, 0.05) is 0 Å². The number of hydrogen-bond donors (Lipinski definition) is 0. The third kappa shape index (κ3) is 5.49. The van der Waals surface area contributed by atoms with E-state index in [2.05, 4.69) is 25.2 Å². The van der Waals surface area contributed by atoms with Crippen molar-refractivity contribution >= 4 is 5.57 Å². The highest BCUT2D eigenvalue weighted by Gasteiger charge is 2.31. The minimum absolute atomic E-state index is 0.563. The van der Waals surface area contributed by atoms with Crippen molar-refractivity contribution in [3.05, 3.63) is 53.6 Å². The molecule has 1 atom stereocenters. The fourth-order valence-electron chi connectivity index (χ4n) is 4.86. The van der Waals surface area contributed by atoms with Crippen molar-refractivity contribution in [2.75, 3.05) is 0 Å². The van der Waals surface area contributed by atoms with Crippen molar-refractivity contribution < 1.29 is 13.2 Å². The first kappa shape index (κ1) is 20.2. The summed E-state index contributed by atoms with van der Waals surface area (Å²) in [4.78, 5) is 0. The Labute approximate surface area is 161 Å². The van der Waals surface area contributed by atoms with E-state index in [0.717, 1.165) is 36.2 Å². The molecule has 0 aliphatic heterocycles. The van der Waals surface area contributed by atoms with Crippen molar-refractivity contribution in [1.82, 2.24) is 0 Å². The van der Waals surface area contributed by atoms with Crippen LogP contribution in [0.25, 0.3) is 5.57 Å². The number of halogens is 3. The van der Waals surface area contributed by atoms with E-state index < -0.39 is 11.7 Å². The first-order chi connectivity index (χ1) is 13.0. The molecule has 0 bridgehead atoms. The molecular formula is C24H31F3. The lowest BCUT2D eigenvalue weighted by atomic mass is 9.70. The highest BCUT2D eigenvalue weighted by atomic mass is 19.4. The van der Waals surface area contributed by atoms with E-state index in [1.54, 1.807) is 12.1 Å². The van der Waals surface area contributed by atoms with Gasteiger partial charge in [0.2, 0.25) is 0 Å². The zero-order chi connectivity index (χ0) is 19.3. The fourth-order valence-corrected chi connectivity index (χ4v) is 4.86. The van der Waals surface area contributed by atoms with Crippen LogP contribution in [0.4, 0.5) is 13.2 Å². The lowest BCUT2D eigenvalue weighted by Crippen LogP contribution is -2.23. The van der Waals surface area contributed by atoms with E-state index in [1.807, 2.05) is 0 Å². The van der Waals surface area contributed by atoms with Crippen LogP contribution < -0.4 is 0 Å². The Morgan fingerprint density at radius 1 is 0.963 bits per heavy atom. The van der Waals surface area contributed by atoms with Crippen LogP contribution in [-0.4, -0.2) is 0 Å². The number of hydrogen-bond acceptors (Lipinski definition) is 0. The average molecular weight is 377 g/mol. The molecule has 148 valence electrons. The van der Waals surface area contributed by atoms with Gasteiger partial charge in [-0.05, 0) is 92.9 Å². The summed E-state index contributed by atoms with van der Waals surface area (Å²) in [5.74, 6) is 2.51. The van der Waals surface area contributed by atoms with Crippen LogP contribution in [0.3, 0.4) is 0 Å². The monoisotopic (exact) mass is 376 g/mol. The second-order valence-electron chi connectivity index (χ2n) is 8.27. The zero-order valence-electron chi connectivity index (χ0n) is 16.3. The van der Waals surface area contributed by atoms with Crippen molar-refractivity contribution in [2.45, 2.75) is 70.9 Å². The standard InChI is InChI=1S/C24H31F3/c1-2-3-4-5-18-6-8-19(9-7-18)20-10-12-21(13-11-20)22-14-16-23(17-15-22)24(25,26)27/h2-3,12,14-20H,4-11,13H2,1H3/b3-2+. The summed E-state index contributed by atoms with van der Waals surface area (Å²) in [6, 6.07) is 5.67. The number of rotatable bonds is 5. The quantitative estimate of drug-likeness (QED) is 0.456. The van der Waals surface area contributed by atoms with Gasteiger partial charge in [-0.15, -0.1) is 0 Å². The van der Waals surface area contributed by atoms with Crippen LogP contribution in [0.15, 0.2) is 42.5 Å². The molecule has 0 heterocycles. The van der Waals surface area contributed by atoms with Crippen molar-refractivity contribution in [3.63, 3.8) is 0 Å². The van der Waals surface area contributed by atoms with Gasteiger partial charge in [0.1, 0.15) is 0 Å². The first-order valence-electron chi connectivity index (χ1n) is 10.4. The predicted molar refractivity (Wildman–Crippen MR) is 106 cm³/mol. The highest BCUT2D eigenvalue weighted by molar-refractivity contribution is 5.66. The molecule has 0 amide bonds. The van der Waals surface area contributed by atoms with Gasteiger partial charge in [0.15, 0.2) is 0 Å². The Balaban J connectivity index is 1.50. The van der Waals surface area contributed by atoms with E-state index in [4.69, 9.17) is 0 Å². The third-order valence-electron chi connectivity index (χ3n) is 6.57. The molecule has 2 aliphatic rings. The van der Waals surface area contributed by atoms with Gasteiger partial charge < -0.3 is 0 Å². The van der Waals surface area contributed by atoms with Crippen LogP contribution in [0.2, 0.25) is 0 Å². The fraction of sp³-hybridized carbons (Fsp3) is 0.583. The maximum atomic E-state index is 12.7. The number of allylic oxidation sites excluding steroid dienone is 4. The van der Waals surface area contributed by atoms with E-state index in [0.29, 0.717) is 0 Å². The maximum absolute atomic E-state index is 12.7. The molecule has 27 heavy (non-hydrogen) atoms. The topological polar surface area (TPSA) is 0 Å². The van der Waals surface area contributed by atoms with Crippen LogP contribution in [-0.2, 0) is 6.18 Å². The summed E-state index contributed by atoms with van der Waals surface area (Å²) >= 11 is 0. The Morgan fingerprint density at radius 3 is 2.22 bits per heavy atom. The zero-order valence-corrected chi connectivity index (χ0v) is 16.3. The molecule has 3 rings (SSSR count). The van der Waals surface area contributed by atoms with E-state index in [-0.39, 0.29) is 0 Å². The smallest absolute Gasteiger partial charge is 0.166 e. The summed E-state index contributed by atoms with van der Waals surface area (Å²) in [6.45, 7) is 2.09. The Kier molecular flexibility index (Phi) is 6.83. The summed E-state index contributed by atoms with van der Waals surface area (Å²) in [5.41, 5.74) is 1.61. The van der Waals surface area contributed by atoms with Gasteiger partial charge in [-0.3, -0.25) is 0 Å². The Hall–Kier alpha value is -1.51. The Bertz CT molecular complexity index is 643. The van der Waals surface area contributed by atoms with Crippen LogP contribution in [0.5, 0.6) is 0 Å². The van der Waals surface area contributed by atoms with Gasteiger partial charge >= 0.3 is 6.18 Å². The van der Waals surface area contributed by atoms with E-state index in [9.17, 15) is 13.2 Å². The molecule has 1 unspecified atom stereocenters. The minimum atomic E-state index is -4.25. The molecule has 1 fully saturated rings. The molecule has 0 nitrogen and oxygen atoms in total. The molecule has 0 N–H and O–H groups in total. The van der Waals surface area contributed by atoms with Crippen molar-refractivity contribution in [3.8, 4) is 0 Å². The molecule has 1 aromatic carbocycles. The second kappa shape index (κ2) is 9.12. The normalized spacial score (nSPS) is 27.0. The number of benzene rings is 1. The van der Waals surface area contributed by atoms with Crippen LogP contribution >= 0.6 is 0 Å². The lowest BCUT2D eigenvalue weighted by Gasteiger charge is -2.35. The molecule has 1 saturated carbocycles. The summed E-state index contributed by atoms with van der Waals surface area (Å²) in [7, 11) is 0. The summed E-state index contributed by atoms with van der Waals surface area (Å²) in [6.07, 6.45) is 13.7. The largest absolute Gasteiger partial charge is 0.416 e. The van der Waals surface area contributed by atoms with Gasteiger partial charge in [-0.2, -0.15) is 13.2 Å². The van der Waals surface area contributed by atoms with Gasteiger partial charge in [0.25, 0.3) is 0 Å². The average Bonchev–Trinajstić information content (AvgIpc) is 2.68. The van der Waals surface area contributed by atoms with Gasteiger partial charge in [-0.25, -0.2) is 0 Å². The molecular weight excluding hydrogens is 345 g/mol. The predicted octanol–water partition coefficient (Wildman–Crippen LogP) is 8.05. The molecule has 3 heteroatoms. The summed E-state index contributed by atoms with van der Waals surface area (Å²) < 4.78 is 38.1. The van der Waals surface area contributed by atoms with Gasteiger partial charge in [-0.1, -0.05) is 43.2 Å². The highest BCUT2D eigenvalue weighted by Crippen LogP contribution is 2.42. The van der Waals surface area contributed by atoms with Crippen LogP contribution in [0, 0.1) is 17.8 Å². The number of alkyl halides is 3. The van der Waals surface area contributed by atoms with E-state index >= 15 is 0 Å². The SMILES string of the molecule is C/C=C/CCC1CCC(C2CC=C(c3ccc(C(F)(F)F)cc3)CC2)CC1. The van der Waals surface area contributed by atoms with Gasteiger partial charge in [0.05, 0.1) is 5.56 Å². The van der Waals surface area contributed by atoms with Crippen molar-refractivity contribution in [1.29, 1.82) is 0 Å². The molecule has 0 saturated heterocycles. The third-order valence-corrected chi connectivity index (χ3v) is 6.57. The second-order valence-corrected chi connectivity index (χ2v) is 8.27. The molecule has 2 aliphatic carbocycles. The molecule has 0 aromatic heterocycles.